The van der Waals surface area contributed by atoms with Gasteiger partial charge >= 0.3 is 0 Å². The minimum absolute atomic E-state index is 0.282. The largest absolute Gasteiger partial charge is 0.347 e. The van der Waals surface area contributed by atoms with Crippen LogP contribution in [0, 0.1) is 23.4 Å². The van der Waals surface area contributed by atoms with Crippen molar-refractivity contribution in [3.8, 4) is 0 Å². The minimum atomic E-state index is -1.66. The van der Waals surface area contributed by atoms with Crippen LogP contribution in [0.2, 0.25) is 0 Å². The molecule has 1 aromatic rings. The number of anilines is 1. The van der Waals surface area contributed by atoms with Crippen LogP contribution in [0.15, 0.2) is 12.1 Å². The van der Waals surface area contributed by atoms with Crippen molar-refractivity contribution in [1.29, 1.82) is 0 Å². The second-order valence-electron chi connectivity index (χ2n) is 4.98. The minimum Gasteiger partial charge on any atom is -0.347 e. The van der Waals surface area contributed by atoms with Crippen molar-refractivity contribution in [3.63, 3.8) is 0 Å². The maximum atomic E-state index is 13.3. The summed E-state index contributed by atoms with van der Waals surface area (Å²) >= 11 is 0. The van der Waals surface area contributed by atoms with Gasteiger partial charge in [0.2, 0.25) is 11.8 Å². The van der Waals surface area contributed by atoms with Gasteiger partial charge in [-0.05, 0) is 24.5 Å². The van der Waals surface area contributed by atoms with Crippen molar-refractivity contribution >= 4 is 17.5 Å². The van der Waals surface area contributed by atoms with Crippen molar-refractivity contribution < 1.29 is 22.8 Å². The number of amides is 2. The van der Waals surface area contributed by atoms with Gasteiger partial charge in [-0.15, -0.1) is 0 Å². The van der Waals surface area contributed by atoms with E-state index in [1.807, 2.05) is 13.8 Å². The van der Waals surface area contributed by atoms with E-state index in [9.17, 15) is 22.8 Å². The number of halogens is 3. The fourth-order valence-electron chi connectivity index (χ4n) is 1.50. The van der Waals surface area contributed by atoms with Gasteiger partial charge in [0.05, 0.1) is 12.2 Å². The Balaban J connectivity index is 2.48. The number of nitrogens with one attached hydrogen (secondary N) is 2. The van der Waals surface area contributed by atoms with Gasteiger partial charge in [0.1, 0.15) is 0 Å². The fourth-order valence-corrected chi connectivity index (χ4v) is 1.50. The van der Waals surface area contributed by atoms with Gasteiger partial charge in [0.15, 0.2) is 17.5 Å². The monoisotopic (exact) mass is 302 g/mol. The Kier molecular flexibility index (Phi) is 6.20. The van der Waals surface area contributed by atoms with Crippen LogP contribution < -0.4 is 10.6 Å². The summed E-state index contributed by atoms with van der Waals surface area (Å²) in [6.45, 7) is 3.56. The first-order chi connectivity index (χ1) is 9.81. The summed E-state index contributed by atoms with van der Waals surface area (Å²) < 4.78 is 39.0. The second-order valence-corrected chi connectivity index (χ2v) is 4.98. The molecule has 0 atom stereocenters. The third-order valence-electron chi connectivity index (χ3n) is 2.70. The van der Waals surface area contributed by atoms with E-state index in [2.05, 4.69) is 10.6 Å². The lowest BCUT2D eigenvalue weighted by atomic mass is 10.1. The quantitative estimate of drug-likeness (QED) is 0.794. The molecule has 21 heavy (non-hydrogen) atoms. The zero-order chi connectivity index (χ0) is 16.0. The Morgan fingerprint density at radius 3 is 2.38 bits per heavy atom. The van der Waals surface area contributed by atoms with E-state index >= 15 is 0 Å². The molecule has 0 aromatic heterocycles. The SMILES string of the molecule is CC(C)CCC(=O)NCC(=O)Nc1ccc(F)c(F)c1F. The third-order valence-corrected chi connectivity index (χ3v) is 2.70. The zero-order valence-corrected chi connectivity index (χ0v) is 11.8. The fraction of sp³-hybridized carbons (Fsp3) is 0.429. The zero-order valence-electron chi connectivity index (χ0n) is 11.8. The summed E-state index contributed by atoms with van der Waals surface area (Å²) in [6, 6.07) is 1.61. The predicted octanol–water partition coefficient (Wildman–Crippen LogP) is 2.59. The highest BCUT2D eigenvalue weighted by Crippen LogP contribution is 2.19. The number of carbonyl (C=O) groups excluding carboxylic acids is 2. The van der Waals surface area contributed by atoms with E-state index < -0.39 is 29.0 Å². The molecule has 0 unspecified atom stereocenters. The summed E-state index contributed by atoms with van der Waals surface area (Å²) in [6.07, 6.45) is 0.968. The molecule has 0 heterocycles. The van der Waals surface area contributed by atoms with Crippen molar-refractivity contribution in [3.05, 3.63) is 29.6 Å². The maximum absolute atomic E-state index is 13.3. The highest BCUT2D eigenvalue weighted by molar-refractivity contribution is 5.94. The van der Waals surface area contributed by atoms with Gasteiger partial charge in [-0.25, -0.2) is 13.2 Å². The predicted molar refractivity (Wildman–Crippen MR) is 72.0 cm³/mol. The van der Waals surface area contributed by atoms with Gasteiger partial charge in [0.25, 0.3) is 0 Å². The normalized spacial score (nSPS) is 10.6. The van der Waals surface area contributed by atoms with Crippen LogP contribution in [0.1, 0.15) is 26.7 Å². The lowest BCUT2D eigenvalue weighted by molar-refractivity contribution is -0.124. The lowest BCUT2D eigenvalue weighted by Gasteiger charge is -2.09. The number of carbonyl (C=O) groups is 2. The Labute approximate surface area is 120 Å². The van der Waals surface area contributed by atoms with Crippen molar-refractivity contribution in [1.82, 2.24) is 5.32 Å². The maximum Gasteiger partial charge on any atom is 0.243 e. The van der Waals surface area contributed by atoms with Gasteiger partial charge in [-0.1, -0.05) is 13.8 Å². The van der Waals surface area contributed by atoms with Gasteiger partial charge < -0.3 is 10.6 Å². The Bertz CT molecular complexity index is 533. The van der Waals surface area contributed by atoms with Gasteiger partial charge in [-0.3, -0.25) is 9.59 Å². The standard InChI is InChI=1S/C14H17F3N2O2/c1-8(2)3-6-11(20)18-7-12(21)19-10-5-4-9(15)13(16)14(10)17/h4-5,8H,3,6-7H2,1-2H3,(H,18,20)(H,19,21). The Hall–Kier alpha value is -2.05. The lowest BCUT2D eigenvalue weighted by Crippen LogP contribution is -2.33. The number of benzene rings is 1. The molecule has 0 aliphatic heterocycles. The van der Waals surface area contributed by atoms with Gasteiger partial charge in [-0.2, -0.15) is 0 Å². The van der Waals surface area contributed by atoms with Crippen LogP contribution >= 0.6 is 0 Å². The molecule has 2 N–H and O–H groups in total. The molecule has 0 fully saturated rings. The molecule has 0 aliphatic carbocycles. The molecule has 2 amide bonds. The summed E-state index contributed by atoms with van der Waals surface area (Å²) in [5.41, 5.74) is -0.477. The molecule has 116 valence electrons. The van der Waals surface area contributed by atoms with Crippen LogP contribution in [0.4, 0.5) is 18.9 Å². The van der Waals surface area contributed by atoms with Crippen molar-refractivity contribution in [2.75, 3.05) is 11.9 Å². The molecular weight excluding hydrogens is 285 g/mol. The highest BCUT2D eigenvalue weighted by Gasteiger charge is 2.15. The average Bonchev–Trinajstić information content (AvgIpc) is 2.43. The van der Waals surface area contributed by atoms with Crippen LogP contribution in [-0.4, -0.2) is 18.4 Å². The van der Waals surface area contributed by atoms with Crippen LogP contribution in [0.5, 0.6) is 0 Å². The molecule has 0 bridgehead atoms. The molecule has 0 saturated heterocycles. The van der Waals surface area contributed by atoms with E-state index in [0.717, 1.165) is 6.07 Å². The second kappa shape index (κ2) is 7.66. The first kappa shape index (κ1) is 17.0. The van der Waals surface area contributed by atoms with E-state index in [1.54, 1.807) is 0 Å². The Morgan fingerprint density at radius 2 is 1.76 bits per heavy atom. The molecule has 0 spiro atoms. The smallest absolute Gasteiger partial charge is 0.243 e. The van der Waals surface area contributed by atoms with E-state index in [0.29, 0.717) is 18.4 Å². The first-order valence-electron chi connectivity index (χ1n) is 6.51. The van der Waals surface area contributed by atoms with E-state index in [1.165, 1.54) is 0 Å². The van der Waals surface area contributed by atoms with Crippen LogP contribution in [-0.2, 0) is 9.59 Å². The first-order valence-corrected chi connectivity index (χ1v) is 6.51. The molecule has 7 heteroatoms. The summed E-state index contributed by atoms with van der Waals surface area (Å²) in [5, 5.41) is 4.43. The summed E-state index contributed by atoms with van der Waals surface area (Å²) in [7, 11) is 0. The Morgan fingerprint density at radius 1 is 1.10 bits per heavy atom. The van der Waals surface area contributed by atoms with Crippen molar-refractivity contribution in [2.45, 2.75) is 26.7 Å². The highest BCUT2D eigenvalue weighted by atomic mass is 19.2. The summed E-state index contributed by atoms with van der Waals surface area (Å²) in [4.78, 5) is 22.9. The molecule has 0 saturated carbocycles. The molecule has 1 rings (SSSR count). The number of hydrogen-bond acceptors (Lipinski definition) is 2. The molecular formula is C14H17F3N2O2. The number of hydrogen-bond donors (Lipinski definition) is 2. The molecule has 4 nitrogen and oxygen atoms in total. The molecule has 0 radical (unpaired) electrons. The average molecular weight is 302 g/mol. The van der Waals surface area contributed by atoms with Gasteiger partial charge in [0, 0.05) is 6.42 Å². The summed E-state index contributed by atoms with van der Waals surface area (Å²) in [5.74, 6) is -5.14. The van der Waals surface area contributed by atoms with Crippen LogP contribution in [0.25, 0.3) is 0 Å². The molecule has 0 aliphatic rings. The van der Waals surface area contributed by atoms with E-state index in [-0.39, 0.29) is 18.9 Å². The number of rotatable bonds is 6. The van der Waals surface area contributed by atoms with Crippen LogP contribution in [0.3, 0.4) is 0 Å². The topological polar surface area (TPSA) is 58.2 Å². The molecule has 1 aromatic carbocycles. The van der Waals surface area contributed by atoms with E-state index in [4.69, 9.17) is 0 Å². The van der Waals surface area contributed by atoms with Crippen molar-refractivity contribution in [2.24, 2.45) is 5.92 Å². The third kappa shape index (κ3) is 5.45.